The fraction of sp³-hybridized carbons (Fsp3) is 0.342. The monoisotopic (exact) mass is 719 g/mol. The molecule has 3 aliphatic heterocycles. The number of pyridine rings is 1. The number of hydrogen-bond donors (Lipinski definition) is 1. The van der Waals surface area contributed by atoms with Gasteiger partial charge in [-0.15, -0.1) is 0 Å². The fourth-order valence-corrected chi connectivity index (χ4v) is 7.74. The number of benzene rings is 3. The number of aromatic nitrogens is 1. The number of aryl methyl sites for hydroxylation is 1. The molecule has 0 spiro atoms. The molecule has 50 heavy (non-hydrogen) atoms. The van der Waals surface area contributed by atoms with Gasteiger partial charge in [0.2, 0.25) is 12.4 Å². The molecule has 2 atom stereocenters. The summed E-state index contributed by atoms with van der Waals surface area (Å²) in [6.07, 6.45) is 4.13. The minimum Gasteiger partial charge on any atom is -0.545 e. The van der Waals surface area contributed by atoms with E-state index >= 15 is 0 Å². The Morgan fingerprint density at radius 2 is 1.70 bits per heavy atom. The summed E-state index contributed by atoms with van der Waals surface area (Å²) < 4.78 is 18.0. The van der Waals surface area contributed by atoms with Crippen LogP contribution < -0.4 is 24.2 Å². The molecule has 0 aliphatic carbocycles. The maximum absolute atomic E-state index is 14.0. The summed E-state index contributed by atoms with van der Waals surface area (Å²) in [6.45, 7) is 4.81. The van der Waals surface area contributed by atoms with Crippen LogP contribution in [0, 0.1) is 12.8 Å². The van der Waals surface area contributed by atoms with E-state index in [2.05, 4.69) is 4.90 Å². The van der Waals surface area contributed by atoms with Crippen molar-refractivity contribution in [3.63, 3.8) is 0 Å². The lowest BCUT2D eigenvalue weighted by molar-refractivity contribution is -0.904. The number of carbonyl (C=O) groups is 2. The van der Waals surface area contributed by atoms with Crippen molar-refractivity contribution in [3.8, 4) is 11.5 Å². The number of aromatic carboxylic acids is 1. The number of amides is 1. The van der Waals surface area contributed by atoms with E-state index in [4.69, 9.17) is 37.4 Å². The smallest absolute Gasteiger partial charge is 0.414 e. The molecule has 2 bridgehead atoms. The van der Waals surface area contributed by atoms with Crippen molar-refractivity contribution in [2.24, 2.45) is 5.92 Å². The number of ether oxygens (including phenoxy) is 3. The average Bonchev–Trinajstić information content (AvgIpc) is 3.10. The lowest BCUT2D eigenvalue weighted by atomic mass is 9.82. The first-order chi connectivity index (χ1) is 24.1. The van der Waals surface area contributed by atoms with Gasteiger partial charge in [0.25, 0.3) is 0 Å². The minimum atomic E-state index is -1.37. The van der Waals surface area contributed by atoms with E-state index < -0.39 is 18.0 Å². The van der Waals surface area contributed by atoms with Crippen molar-refractivity contribution in [3.05, 3.63) is 116 Å². The third-order valence-electron chi connectivity index (χ3n) is 9.81. The topological polar surface area (TPSA) is 115 Å². The van der Waals surface area contributed by atoms with E-state index in [-0.39, 0.29) is 34.7 Å². The van der Waals surface area contributed by atoms with Crippen LogP contribution >= 0.6 is 23.2 Å². The Hall–Kier alpha value is -4.51. The van der Waals surface area contributed by atoms with Crippen LogP contribution in [0.25, 0.3) is 0 Å². The maximum atomic E-state index is 14.0. The Morgan fingerprint density at radius 3 is 2.32 bits per heavy atom. The van der Waals surface area contributed by atoms with Crippen LogP contribution in [-0.2, 0) is 17.7 Å². The first-order valence-corrected chi connectivity index (χ1v) is 17.2. The number of fused-ring (bicyclic) bond motifs is 3. The second kappa shape index (κ2) is 15.2. The molecule has 3 fully saturated rings. The average molecular weight is 721 g/mol. The summed E-state index contributed by atoms with van der Waals surface area (Å²) >= 11 is 13.2. The highest BCUT2D eigenvalue weighted by Gasteiger charge is 2.38. The van der Waals surface area contributed by atoms with Crippen LogP contribution in [0.3, 0.4) is 0 Å². The molecule has 7 rings (SSSR count). The molecule has 4 heterocycles. The van der Waals surface area contributed by atoms with E-state index in [0.29, 0.717) is 45.4 Å². The van der Waals surface area contributed by atoms with Gasteiger partial charge in [0, 0.05) is 28.3 Å². The number of para-hydroxylation sites is 1. The van der Waals surface area contributed by atoms with Crippen molar-refractivity contribution in [2.45, 2.75) is 44.8 Å². The molecule has 3 aliphatic rings. The van der Waals surface area contributed by atoms with Crippen LogP contribution in [-0.4, -0.2) is 62.1 Å². The Balaban J connectivity index is 1.43. The Morgan fingerprint density at radius 1 is 1.00 bits per heavy atom. The Labute approximate surface area is 301 Å². The van der Waals surface area contributed by atoms with Crippen molar-refractivity contribution in [2.75, 3.05) is 38.8 Å². The van der Waals surface area contributed by atoms with E-state index in [9.17, 15) is 19.9 Å². The number of nitrogens with zero attached hydrogens (tertiary/aromatic N) is 3. The lowest BCUT2D eigenvalue weighted by Crippen LogP contribution is -2.53. The van der Waals surface area contributed by atoms with Gasteiger partial charge in [0.15, 0.2) is 11.5 Å². The number of carboxylic acid groups (broad SMARTS) is 1. The quantitative estimate of drug-likeness (QED) is 0.152. The van der Waals surface area contributed by atoms with E-state index in [0.717, 1.165) is 42.8 Å². The molecule has 1 aromatic heterocycles. The molecular weight excluding hydrogens is 681 g/mol. The van der Waals surface area contributed by atoms with E-state index in [1.165, 1.54) is 32.7 Å². The van der Waals surface area contributed by atoms with Gasteiger partial charge >= 0.3 is 6.09 Å². The summed E-state index contributed by atoms with van der Waals surface area (Å²) in [6, 6.07) is 17.9. The summed E-state index contributed by atoms with van der Waals surface area (Å²) in [5, 5.41) is 23.1. The van der Waals surface area contributed by atoms with E-state index in [1.807, 2.05) is 37.3 Å². The maximum Gasteiger partial charge on any atom is 0.414 e. The summed E-state index contributed by atoms with van der Waals surface area (Å²) in [5.41, 5.74) is 3.82. The third kappa shape index (κ3) is 7.47. The number of halogens is 2. The minimum absolute atomic E-state index is 0.0359. The zero-order valence-electron chi connectivity index (χ0n) is 28.1. The van der Waals surface area contributed by atoms with Gasteiger partial charge in [0.1, 0.15) is 16.1 Å². The van der Waals surface area contributed by atoms with Gasteiger partial charge < -0.3 is 24.1 Å². The molecular formula is C38H39Cl2N3O7. The van der Waals surface area contributed by atoms with Crippen molar-refractivity contribution in [1.82, 2.24) is 4.90 Å². The number of hydrogen-bond acceptors (Lipinski definition) is 8. The predicted octanol–water partition coefficient (Wildman–Crippen LogP) is 5.82. The normalized spacial score (nSPS) is 18.7. The molecule has 3 saturated heterocycles. The van der Waals surface area contributed by atoms with Crippen LogP contribution in [0.15, 0.2) is 73.1 Å². The lowest BCUT2D eigenvalue weighted by Gasteiger charge is -2.44. The number of carboxylic acids is 1. The van der Waals surface area contributed by atoms with Crippen molar-refractivity contribution >= 4 is 41.0 Å². The molecule has 12 heteroatoms. The highest BCUT2D eigenvalue weighted by molar-refractivity contribution is 6.35. The molecule has 0 saturated carbocycles. The summed E-state index contributed by atoms with van der Waals surface area (Å²) in [4.78, 5) is 30.7. The SMILES string of the molecule is COc1ccc([C@H](Cc2c(Cl)c[n+](O)cc2Cl)c2cc(CN(C(=O)O[C@H]3CN4CCC3CC4)c3ccccc3C)ccc2C(=O)[O-])cc1OC. The first-order valence-electron chi connectivity index (χ1n) is 16.5. The summed E-state index contributed by atoms with van der Waals surface area (Å²) in [5.74, 6) is -0.737. The number of anilines is 1. The van der Waals surface area contributed by atoms with Crippen LogP contribution in [0.5, 0.6) is 11.5 Å². The highest BCUT2D eigenvalue weighted by atomic mass is 35.5. The fourth-order valence-electron chi connectivity index (χ4n) is 7.13. The second-order valence-corrected chi connectivity index (χ2v) is 13.6. The molecule has 1 N–H and O–H groups in total. The molecule has 10 nitrogen and oxygen atoms in total. The van der Waals surface area contributed by atoms with Gasteiger partial charge in [-0.25, -0.2) is 4.79 Å². The first kappa shape index (κ1) is 35.3. The third-order valence-corrected chi connectivity index (χ3v) is 10.5. The predicted molar refractivity (Wildman–Crippen MR) is 187 cm³/mol. The molecule has 4 aromatic rings. The van der Waals surface area contributed by atoms with Gasteiger partial charge in [-0.05, 0) is 85.6 Å². The molecule has 3 aromatic carbocycles. The van der Waals surface area contributed by atoms with E-state index in [1.54, 1.807) is 29.2 Å². The Bertz CT molecular complexity index is 1870. The zero-order chi connectivity index (χ0) is 35.5. The van der Waals surface area contributed by atoms with Crippen LogP contribution in [0.2, 0.25) is 10.0 Å². The van der Waals surface area contributed by atoms with Gasteiger partial charge in [0.05, 0.1) is 32.4 Å². The number of methoxy groups -OCH3 is 2. The van der Waals surface area contributed by atoms with Crippen LogP contribution in [0.1, 0.15) is 56.9 Å². The Kier molecular flexibility index (Phi) is 10.7. The van der Waals surface area contributed by atoms with Crippen LogP contribution in [0.4, 0.5) is 10.5 Å². The van der Waals surface area contributed by atoms with Gasteiger partial charge in [-0.3, -0.25) is 15.0 Å². The number of piperidine rings is 3. The van der Waals surface area contributed by atoms with Crippen molar-refractivity contribution in [1.29, 1.82) is 0 Å². The van der Waals surface area contributed by atoms with Gasteiger partial charge in [-0.2, -0.15) is 0 Å². The summed E-state index contributed by atoms with van der Waals surface area (Å²) in [7, 11) is 3.05. The molecule has 0 radical (unpaired) electrons. The number of carbonyl (C=O) groups excluding carboxylic acids is 2. The standard InChI is InChI=1S/C38H39Cl2N3O7/c1-23-6-4-5-7-33(23)43(38(46)50-36-22-41-14-12-25(36)13-15-41)19-24-8-10-27(37(44)45)29(16-24)28(18-30-31(39)20-42(47)21-32(30)40)26-9-11-34(48-2)35(17-26)49-3/h4-11,16-17,20-21,25,28,36H,12-15,18-19,22H2,1-3H3,(H-,44,45,47)/t28-,36-/m0/s1. The van der Waals surface area contributed by atoms with Gasteiger partial charge in [-0.1, -0.05) is 65.7 Å². The van der Waals surface area contributed by atoms with Crippen molar-refractivity contribution < 1.29 is 38.8 Å². The number of rotatable bonds is 11. The molecule has 262 valence electrons. The zero-order valence-corrected chi connectivity index (χ0v) is 29.6. The second-order valence-electron chi connectivity index (χ2n) is 12.8. The molecule has 0 unspecified atom stereocenters. The largest absolute Gasteiger partial charge is 0.545 e. The highest BCUT2D eigenvalue weighted by Crippen LogP contribution is 2.39. The molecule has 1 amide bonds.